The van der Waals surface area contributed by atoms with Gasteiger partial charge in [-0.3, -0.25) is 29.0 Å². The Balaban J connectivity index is 1.23. The predicted octanol–water partition coefficient (Wildman–Crippen LogP) is 2.23. The molecule has 0 saturated carbocycles. The summed E-state index contributed by atoms with van der Waals surface area (Å²) in [6.07, 6.45) is -0.0105. The lowest BCUT2D eigenvalue weighted by atomic mass is 9.83. The van der Waals surface area contributed by atoms with Crippen LogP contribution < -0.4 is 10.6 Å². The van der Waals surface area contributed by atoms with E-state index in [2.05, 4.69) is 27.8 Å². The lowest BCUT2D eigenvalue weighted by Gasteiger charge is -2.37. The van der Waals surface area contributed by atoms with Crippen LogP contribution in [0.15, 0.2) is 29.8 Å². The number of hydrogen-bond acceptors (Lipinski definition) is 10. The van der Waals surface area contributed by atoms with Gasteiger partial charge in [0.15, 0.2) is 0 Å². The molecule has 2 fully saturated rings. The molecule has 0 bridgehead atoms. The van der Waals surface area contributed by atoms with E-state index in [9.17, 15) is 24.3 Å². The van der Waals surface area contributed by atoms with Crippen molar-refractivity contribution in [2.45, 2.75) is 85.1 Å². The molecule has 0 aliphatic carbocycles. The van der Waals surface area contributed by atoms with Gasteiger partial charge in [-0.25, -0.2) is 4.98 Å². The van der Waals surface area contributed by atoms with Crippen molar-refractivity contribution in [3.05, 3.63) is 41.0 Å². The molecule has 0 unspecified atom stereocenters. The third-order valence-corrected chi connectivity index (χ3v) is 10.1. The first-order chi connectivity index (χ1) is 22.5. The Kier molecular flexibility index (Phi) is 12.4. The number of nitrogens with zero attached hydrogens (tertiary/aromatic N) is 4. The average molecular weight is 685 g/mol. The van der Waals surface area contributed by atoms with Gasteiger partial charge < -0.3 is 25.4 Å². The Morgan fingerprint density at radius 3 is 2.23 bits per heavy atom. The number of likely N-dealkylation sites (tertiary alicyclic amines) is 1. The Labute approximate surface area is 288 Å². The number of esters is 1. The summed E-state index contributed by atoms with van der Waals surface area (Å²) in [5, 5.41) is 16.4. The van der Waals surface area contributed by atoms with Crippen molar-refractivity contribution in [3.63, 3.8) is 0 Å². The number of amides is 3. The lowest BCUT2D eigenvalue weighted by molar-refractivity contribution is -0.156. The molecule has 2 aromatic rings. The van der Waals surface area contributed by atoms with E-state index in [1.54, 1.807) is 32.1 Å². The van der Waals surface area contributed by atoms with Crippen LogP contribution in [0.5, 0.6) is 0 Å². The number of piperazine rings is 1. The Morgan fingerprint density at radius 2 is 1.65 bits per heavy atom. The Morgan fingerprint density at radius 1 is 1.02 bits per heavy atom. The number of rotatable bonds is 12. The molecule has 12 nitrogen and oxygen atoms in total. The number of carbonyl (C=O) groups excluding carboxylic acids is 4. The molecule has 4 rings (SSSR count). The van der Waals surface area contributed by atoms with Crippen molar-refractivity contribution in [3.8, 4) is 10.4 Å². The minimum absolute atomic E-state index is 0.0625. The summed E-state index contributed by atoms with van der Waals surface area (Å²) >= 11 is 1.61. The highest BCUT2D eigenvalue weighted by Crippen LogP contribution is 2.30. The standard InChI is InChI=1S/C35H52N6O6S/c1-23-31(48-22-37-23)26-10-8-25(9-11-26)12-13-36-32(45)28-18-27(42)19-41(28)33(46)35(6,7)24(2)38-29(43)20-39-14-16-40(17-15-39)21-30(44)47-34(3,4)5/h8-11,22,24,27-28,42H,12-21H2,1-7H3,(H,36,45)(H,38,43)/t24-,27+,28-/m0/s1. The summed E-state index contributed by atoms with van der Waals surface area (Å²) in [7, 11) is 0. The second kappa shape index (κ2) is 15.9. The van der Waals surface area contributed by atoms with Crippen LogP contribution in [0.3, 0.4) is 0 Å². The topological polar surface area (TPSA) is 144 Å². The van der Waals surface area contributed by atoms with Gasteiger partial charge in [-0.1, -0.05) is 24.3 Å². The number of nitrogens with one attached hydrogen (secondary N) is 2. The molecule has 0 radical (unpaired) electrons. The fourth-order valence-corrected chi connectivity index (χ4v) is 6.84. The van der Waals surface area contributed by atoms with Crippen LogP contribution in [0.25, 0.3) is 10.4 Å². The van der Waals surface area contributed by atoms with Crippen LogP contribution in [0.4, 0.5) is 0 Å². The summed E-state index contributed by atoms with van der Waals surface area (Å²) in [6, 6.07) is 6.89. The number of hydrogen-bond donors (Lipinski definition) is 3. The number of β-amino-alcohol motifs (C(OH)–C–C–N with tert-alkyl or cyclic N) is 1. The molecule has 13 heteroatoms. The second-order valence-corrected chi connectivity index (χ2v) is 15.4. The van der Waals surface area contributed by atoms with Gasteiger partial charge in [-0.15, -0.1) is 11.3 Å². The minimum Gasteiger partial charge on any atom is -0.459 e. The number of aryl methyl sites for hydroxylation is 1. The van der Waals surface area contributed by atoms with Crippen LogP contribution in [-0.2, 0) is 30.3 Å². The molecule has 2 aliphatic heterocycles. The van der Waals surface area contributed by atoms with Crippen molar-refractivity contribution < 1.29 is 29.0 Å². The smallest absolute Gasteiger partial charge is 0.320 e. The van der Waals surface area contributed by atoms with Gasteiger partial charge >= 0.3 is 5.97 Å². The quantitative estimate of drug-likeness (QED) is 0.287. The van der Waals surface area contributed by atoms with Gasteiger partial charge in [-0.2, -0.15) is 0 Å². The summed E-state index contributed by atoms with van der Waals surface area (Å²) in [4.78, 5) is 63.2. The third-order valence-electron chi connectivity index (χ3n) is 9.13. The van der Waals surface area contributed by atoms with E-state index >= 15 is 0 Å². The van der Waals surface area contributed by atoms with Gasteiger partial charge in [0, 0.05) is 51.7 Å². The lowest BCUT2D eigenvalue weighted by Crippen LogP contribution is -2.57. The van der Waals surface area contributed by atoms with Gasteiger partial charge in [0.05, 0.1) is 40.7 Å². The fourth-order valence-electron chi connectivity index (χ4n) is 6.02. The van der Waals surface area contributed by atoms with Crippen molar-refractivity contribution >= 4 is 35.0 Å². The van der Waals surface area contributed by atoms with Gasteiger partial charge in [0.1, 0.15) is 11.6 Å². The van der Waals surface area contributed by atoms with Crippen LogP contribution in [0.1, 0.15) is 59.2 Å². The van der Waals surface area contributed by atoms with Gasteiger partial charge in [0.2, 0.25) is 17.7 Å². The molecule has 2 saturated heterocycles. The number of ether oxygens (including phenoxy) is 1. The minimum atomic E-state index is -1.03. The fraction of sp³-hybridized carbons (Fsp3) is 0.629. The predicted molar refractivity (Wildman–Crippen MR) is 185 cm³/mol. The zero-order valence-electron chi connectivity index (χ0n) is 29.4. The number of benzene rings is 1. The maximum Gasteiger partial charge on any atom is 0.320 e. The summed E-state index contributed by atoms with van der Waals surface area (Å²) in [6.45, 7) is 16.2. The van der Waals surface area contributed by atoms with Crippen molar-refractivity contribution in [1.29, 1.82) is 0 Å². The molecule has 3 N–H and O–H groups in total. The van der Waals surface area contributed by atoms with Crippen LogP contribution in [0, 0.1) is 12.3 Å². The van der Waals surface area contributed by atoms with E-state index in [1.165, 1.54) is 4.90 Å². The third kappa shape index (κ3) is 10.1. The maximum absolute atomic E-state index is 13.8. The van der Waals surface area contributed by atoms with E-state index in [0.29, 0.717) is 39.1 Å². The van der Waals surface area contributed by atoms with Crippen molar-refractivity contribution in [1.82, 2.24) is 30.3 Å². The summed E-state index contributed by atoms with van der Waals surface area (Å²) in [5.74, 6) is -1.05. The molecule has 3 heterocycles. The molecule has 48 heavy (non-hydrogen) atoms. The van der Waals surface area contributed by atoms with Crippen molar-refractivity contribution in [2.75, 3.05) is 52.4 Å². The average Bonchev–Trinajstić information content (AvgIpc) is 3.62. The highest BCUT2D eigenvalue weighted by atomic mass is 32.1. The zero-order chi connectivity index (χ0) is 35.2. The Hall–Kier alpha value is -3.39. The first-order valence-electron chi connectivity index (χ1n) is 16.8. The molecule has 1 aromatic carbocycles. The highest BCUT2D eigenvalue weighted by Gasteiger charge is 2.46. The highest BCUT2D eigenvalue weighted by molar-refractivity contribution is 7.13. The molecule has 1 aromatic heterocycles. The molecular weight excluding hydrogens is 632 g/mol. The van der Waals surface area contributed by atoms with E-state index < -0.39 is 29.2 Å². The van der Waals surface area contributed by atoms with E-state index in [4.69, 9.17) is 4.74 Å². The number of aliphatic hydroxyl groups is 1. The SMILES string of the molecule is Cc1ncsc1-c1ccc(CCNC(=O)[C@@H]2C[C@@H](O)CN2C(=O)C(C)(C)[C@H](C)NC(=O)CN2CCN(CC(=O)OC(C)(C)C)CC2)cc1. The van der Waals surface area contributed by atoms with E-state index in [0.717, 1.165) is 21.7 Å². The molecule has 3 atom stereocenters. The van der Waals surface area contributed by atoms with E-state index in [-0.39, 0.29) is 49.7 Å². The normalized spacial score (nSPS) is 20.0. The first-order valence-corrected chi connectivity index (χ1v) is 17.6. The monoisotopic (exact) mass is 684 g/mol. The number of carbonyl (C=O) groups is 4. The zero-order valence-corrected chi connectivity index (χ0v) is 30.2. The molecule has 2 aliphatic rings. The largest absolute Gasteiger partial charge is 0.459 e. The number of thiazole rings is 1. The molecule has 264 valence electrons. The number of aliphatic hydroxyl groups excluding tert-OH is 1. The molecular formula is C35H52N6O6S. The van der Waals surface area contributed by atoms with Crippen LogP contribution in [0.2, 0.25) is 0 Å². The van der Waals surface area contributed by atoms with Crippen LogP contribution in [-0.4, -0.2) is 125 Å². The second-order valence-electron chi connectivity index (χ2n) is 14.5. The summed E-state index contributed by atoms with van der Waals surface area (Å²) < 4.78 is 5.41. The number of aromatic nitrogens is 1. The van der Waals surface area contributed by atoms with Gasteiger partial charge in [0.25, 0.3) is 0 Å². The first kappa shape index (κ1) is 37.4. The summed E-state index contributed by atoms with van der Waals surface area (Å²) in [5.41, 5.74) is 3.47. The molecule has 3 amide bonds. The maximum atomic E-state index is 13.8. The Bertz CT molecular complexity index is 1430. The molecule has 0 spiro atoms. The van der Waals surface area contributed by atoms with Crippen LogP contribution >= 0.6 is 11.3 Å². The van der Waals surface area contributed by atoms with E-state index in [1.807, 2.05) is 55.1 Å². The van der Waals surface area contributed by atoms with Gasteiger partial charge in [-0.05, 0) is 66.0 Å². The van der Waals surface area contributed by atoms with Crippen molar-refractivity contribution in [2.24, 2.45) is 5.41 Å².